The van der Waals surface area contributed by atoms with E-state index >= 15 is 0 Å². The third-order valence-corrected chi connectivity index (χ3v) is 2.25. The molecule has 23 heavy (non-hydrogen) atoms. The standard InChI is InChI=1S/C7H2F12NO2.K/c8-1(9)3(10,11)5(14,15)7(18,19)6(16,17)4(12,13)2(21)20-22;/h1H,(H-,20,21,22);/q-1;+1. The third kappa shape index (κ3) is 3.60. The monoisotopic (exact) mass is 399 g/mol. The van der Waals surface area contributed by atoms with Gasteiger partial charge in [-0.25, -0.2) is 8.78 Å². The Morgan fingerprint density at radius 3 is 1.39 bits per heavy atom. The van der Waals surface area contributed by atoms with Crippen molar-refractivity contribution in [3.63, 3.8) is 0 Å². The number of hydroxylamine groups is 1. The first-order chi connectivity index (χ1) is 9.42. The van der Waals surface area contributed by atoms with Gasteiger partial charge in [-0.3, -0.25) is 4.79 Å². The van der Waals surface area contributed by atoms with Gasteiger partial charge in [0.1, 0.15) is 0 Å². The summed E-state index contributed by atoms with van der Waals surface area (Å²) in [6.45, 7) is 0. The fourth-order valence-electron chi connectivity index (χ4n) is 0.947. The van der Waals surface area contributed by atoms with E-state index in [2.05, 4.69) is 0 Å². The topological polar surface area (TPSA) is 52.2 Å². The van der Waals surface area contributed by atoms with Crippen molar-refractivity contribution in [2.24, 2.45) is 0 Å². The van der Waals surface area contributed by atoms with Gasteiger partial charge in [0.25, 0.3) is 5.91 Å². The maximum atomic E-state index is 12.8. The van der Waals surface area contributed by atoms with Crippen molar-refractivity contribution in [3.8, 4) is 0 Å². The predicted molar refractivity (Wildman–Crippen MR) is 42.2 cm³/mol. The van der Waals surface area contributed by atoms with Gasteiger partial charge < -0.3 is 10.7 Å². The van der Waals surface area contributed by atoms with Gasteiger partial charge in [-0.15, -0.1) is 0 Å². The van der Waals surface area contributed by atoms with Gasteiger partial charge in [0.15, 0.2) is 0 Å². The molecular formula is C7H2F12KNO2. The number of hydrogen-bond acceptors (Lipinski definition) is 2. The SMILES string of the molecule is O=C(N[O-])C(F)(F)C(F)(F)C(F)(F)C(F)(F)C(F)(F)C(F)F.[K+]. The van der Waals surface area contributed by atoms with Crippen LogP contribution >= 0.6 is 0 Å². The maximum Gasteiger partial charge on any atom is 1.00 e. The Kier molecular flexibility index (Phi) is 8.00. The molecule has 0 bridgehead atoms. The van der Waals surface area contributed by atoms with Crippen molar-refractivity contribution < 1.29 is 109 Å². The fourth-order valence-corrected chi connectivity index (χ4v) is 0.947. The smallest absolute Gasteiger partial charge is 0.759 e. The second kappa shape index (κ2) is 7.23. The van der Waals surface area contributed by atoms with Crippen LogP contribution in [0, 0.1) is 5.21 Å². The van der Waals surface area contributed by atoms with Gasteiger partial charge in [-0.1, -0.05) is 0 Å². The molecule has 132 valence electrons. The van der Waals surface area contributed by atoms with Crippen LogP contribution in [0.15, 0.2) is 0 Å². The summed E-state index contributed by atoms with van der Waals surface area (Å²) >= 11 is 0. The molecule has 0 saturated carbocycles. The van der Waals surface area contributed by atoms with E-state index in [1.807, 2.05) is 0 Å². The molecule has 0 heterocycles. The molecule has 0 radical (unpaired) electrons. The van der Waals surface area contributed by atoms with E-state index in [9.17, 15) is 62.7 Å². The third-order valence-electron chi connectivity index (χ3n) is 2.25. The number of carbonyl (C=O) groups excluding carboxylic acids is 1. The second-order valence-electron chi connectivity index (χ2n) is 3.65. The Balaban J connectivity index is 0. The number of halogens is 12. The molecule has 0 atom stereocenters. The molecule has 0 saturated heterocycles. The molecule has 0 aliphatic heterocycles. The van der Waals surface area contributed by atoms with Crippen LogP contribution in [-0.2, 0) is 4.79 Å². The number of amides is 1. The first kappa shape index (κ1) is 25.5. The van der Waals surface area contributed by atoms with Crippen LogP contribution in [0.25, 0.3) is 0 Å². The van der Waals surface area contributed by atoms with Crippen molar-refractivity contribution >= 4 is 5.91 Å². The number of hydrogen-bond donors (Lipinski definition) is 1. The molecule has 3 nitrogen and oxygen atoms in total. The largest absolute Gasteiger partial charge is 1.00 e. The fraction of sp³-hybridized carbons (Fsp3) is 0.857. The van der Waals surface area contributed by atoms with Crippen molar-refractivity contribution in [1.82, 2.24) is 5.48 Å². The zero-order valence-electron chi connectivity index (χ0n) is 10.4. The van der Waals surface area contributed by atoms with Crippen molar-refractivity contribution in [2.45, 2.75) is 36.0 Å². The second-order valence-corrected chi connectivity index (χ2v) is 3.65. The van der Waals surface area contributed by atoms with E-state index in [1.165, 1.54) is 0 Å². The minimum atomic E-state index is -7.82. The van der Waals surface area contributed by atoms with Crippen molar-refractivity contribution in [2.75, 3.05) is 0 Å². The summed E-state index contributed by atoms with van der Waals surface area (Å²) in [7, 11) is 0. The Morgan fingerprint density at radius 1 is 0.783 bits per heavy atom. The molecule has 0 aliphatic rings. The Morgan fingerprint density at radius 2 is 1.13 bits per heavy atom. The number of nitrogens with one attached hydrogen (secondary N) is 1. The zero-order chi connectivity index (χ0) is 18.4. The quantitative estimate of drug-likeness (QED) is 0.390. The summed E-state index contributed by atoms with van der Waals surface area (Å²) in [4.78, 5) is 10.1. The summed E-state index contributed by atoms with van der Waals surface area (Å²) in [5, 5.41) is 9.49. The minimum absolute atomic E-state index is 0. The molecule has 0 aliphatic carbocycles. The van der Waals surface area contributed by atoms with Crippen LogP contribution in [0.5, 0.6) is 0 Å². The van der Waals surface area contributed by atoms with Gasteiger partial charge in [0.2, 0.25) is 0 Å². The van der Waals surface area contributed by atoms with E-state index < -0.39 is 47.4 Å². The summed E-state index contributed by atoms with van der Waals surface area (Å²) in [6.07, 6.45) is -5.63. The predicted octanol–water partition coefficient (Wildman–Crippen LogP) is 0.0460. The molecule has 1 N–H and O–H groups in total. The van der Waals surface area contributed by atoms with Gasteiger partial charge >= 0.3 is 87.4 Å². The van der Waals surface area contributed by atoms with Crippen LogP contribution in [0.3, 0.4) is 0 Å². The van der Waals surface area contributed by atoms with E-state index in [4.69, 9.17) is 0 Å². The molecule has 0 fully saturated rings. The number of alkyl halides is 12. The molecular weight excluding hydrogens is 397 g/mol. The number of carbonyl (C=O) groups is 1. The maximum absolute atomic E-state index is 12.8. The van der Waals surface area contributed by atoms with E-state index in [0.717, 1.165) is 0 Å². The molecule has 1 amide bonds. The van der Waals surface area contributed by atoms with Crippen LogP contribution in [0.1, 0.15) is 0 Å². The van der Waals surface area contributed by atoms with Crippen LogP contribution in [0.2, 0.25) is 0 Å². The summed E-state index contributed by atoms with van der Waals surface area (Å²) in [5.41, 5.74) is -0.536. The molecule has 16 heteroatoms. The molecule has 0 spiro atoms. The van der Waals surface area contributed by atoms with Gasteiger partial charge in [0.05, 0.1) is 0 Å². The van der Waals surface area contributed by atoms with Crippen LogP contribution < -0.4 is 56.9 Å². The number of rotatable bonds is 6. The van der Waals surface area contributed by atoms with Gasteiger partial charge in [-0.05, 0) is 0 Å². The normalized spacial score (nSPS) is 14.5. The Bertz CT molecular complexity index is 439. The zero-order valence-corrected chi connectivity index (χ0v) is 13.6. The summed E-state index contributed by atoms with van der Waals surface area (Å²) in [6, 6.07) is 0. The summed E-state index contributed by atoms with van der Waals surface area (Å²) in [5.74, 6) is -40.9. The van der Waals surface area contributed by atoms with Crippen molar-refractivity contribution in [3.05, 3.63) is 5.21 Å². The van der Waals surface area contributed by atoms with Gasteiger partial charge in [0, 0.05) is 0 Å². The summed E-state index contributed by atoms with van der Waals surface area (Å²) < 4.78 is 149. The molecule has 0 aromatic carbocycles. The molecule has 0 aromatic heterocycles. The average molecular weight is 399 g/mol. The van der Waals surface area contributed by atoms with Gasteiger partial charge in [-0.2, -0.15) is 43.9 Å². The van der Waals surface area contributed by atoms with Crippen LogP contribution in [0.4, 0.5) is 52.7 Å². The van der Waals surface area contributed by atoms with Crippen LogP contribution in [-0.4, -0.2) is 41.9 Å². The van der Waals surface area contributed by atoms with Crippen molar-refractivity contribution in [1.29, 1.82) is 0 Å². The van der Waals surface area contributed by atoms with E-state index in [1.54, 1.807) is 0 Å². The van der Waals surface area contributed by atoms with E-state index in [0.29, 0.717) is 0 Å². The molecule has 0 rings (SSSR count). The first-order valence-electron chi connectivity index (χ1n) is 4.52. The first-order valence-corrected chi connectivity index (χ1v) is 4.52. The van der Waals surface area contributed by atoms with E-state index in [-0.39, 0.29) is 51.4 Å². The Labute approximate surface area is 160 Å². The minimum Gasteiger partial charge on any atom is -0.759 e. The Hall–Kier alpha value is 0.226. The molecule has 0 aromatic rings. The molecule has 0 unspecified atom stereocenters. The average Bonchev–Trinajstić information content (AvgIpc) is 2.36.